The fourth-order valence-electron chi connectivity index (χ4n) is 2.28. The summed E-state index contributed by atoms with van der Waals surface area (Å²) in [5.74, 6) is 0.898. The van der Waals surface area contributed by atoms with E-state index in [1.54, 1.807) is 7.11 Å². The van der Waals surface area contributed by atoms with Gasteiger partial charge in [-0.1, -0.05) is 12.8 Å². The van der Waals surface area contributed by atoms with E-state index in [0.717, 1.165) is 32.1 Å². The van der Waals surface area contributed by atoms with Crippen LogP contribution in [0.1, 0.15) is 32.6 Å². The summed E-state index contributed by atoms with van der Waals surface area (Å²) in [4.78, 5) is 7.14. The van der Waals surface area contributed by atoms with Crippen molar-refractivity contribution in [2.24, 2.45) is 4.99 Å². The molecule has 1 aliphatic rings. The Morgan fingerprint density at radius 2 is 1.85 bits per heavy atom. The Morgan fingerprint density at radius 1 is 1.15 bits per heavy atom. The Labute approximate surface area is 140 Å². The Hall–Kier alpha value is -0.0800. The molecule has 0 bridgehead atoms. The summed E-state index contributed by atoms with van der Waals surface area (Å²) in [6.45, 7) is 8.89. The van der Waals surface area contributed by atoms with Crippen molar-refractivity contribution in [3.63, 3.8) is 0 Å². The third-order valence-electron chi connectivity index (χ3n) is 3.33. The number of ether oxygens (including phenoxy) is 1. The number of aliphatic imine (C=N–C) groups is 1. The lowest BCUT2D eigenvalue weighted by Gasteiger charge is -2.18. The monoisotopic (exact) mass is 398 g/mol. The number of nitrogens with zero attached hydrogens (tertiary/aromatic N) is 2. The van der Waals surface area contributed by atoms with Gasteiger partial charge in [0.25, 0.3) is 0 Å². The second kappa shape index (κ2) is 13.9. The molecule has 1 aliphatic heterocycles. The van der Waals surface area contributed by atoms with E-state index < -0.39 is 0 Å². The van der Waals surface area contributed by atoms with E-state index in [9.17, 15) is 0 Å². The molecule has 0 unspecified atom stereocenters. The molecule has 6 heteroatoms. The van der Waals surface area contributed by atoms with Crippen molar-refractivity contribution in [1.29, 1.82) is 0 Å². The summed E-state index contributed by atoms with van der Waals surface area (Å²) >= 11 is 0. The number of halogens is 1. The van der Waals surface area contributed by atoms with Gasteiger partial charge in [0.15, 0.2) is 5.96 Å². The molecule has 0 aromatic carbocycles. The van der Waals surface area contributed by atoms with Crippen LogP contribution in [0.5, 0.6) is 0 Å². The number of hydrogen-bond donors (Lipinski definition) is 2. The summed E-state index contributed by atoms with van der Waals surface area (Å²) in [5.41, 5.74) is 0. The molecule has 0 amide bonds. The summed E-state index contributed by atoms with van der Waals surface area (Å²) in [6.07, 6.45) is 5.47. The van der Waals surface area contributed by atoms with Crippen molar-refractivity contribution in [1.82, 2.24) is 15.5 Å². The number of hydrogen-bond acceptors (Lipinski definition) is 3. The van der Waals surface area contributed by atoms with Gasteiger partial charge in [0, 0.05) is 26.7 Å². The van der Waals surface area contributed by atoms with Crippen molar-refractivity contribution in [2.75, 3.05) is 53.0 Å². The average Bonchev–Trinajstić information content (AvgIpc) is 2.68. The number of rotatable bonds is 7. The molecule has 1 fully saturated rings. The van der Waals surface area contributed by atoms with E-state index in [-0.39, 0.29) is 24.0 Å². The van der Waals surface area contributed by atoms with Crippen LogP contribution in [-0.4, -0.2) is 63.8 Å². The molecule has 0 aliphatic carbocycles. The number of methoxy groups -OCH3 is 1. The fourth-order valence-corrected chi connectivity index (χ4v) is 2.28. The van der Waals surface area contributed by atoms with E-state index >= 15 is 0 Å². The lowest BCUT2D eigenvalue weighted by Crippen LogP contribution is -2.39. The Morgan fingerprint density at radius 3 is 2.45 bits per heavy atom. The van der Waals surface area contributed by atoms with Gasteiger partial charge in [-0.25, -0.2) is 0 Å². The predicted octanol–water partition coefficient (Wildman–Crippen LogP) is 1.68. The highest BCUT2D eigenvalue weighted by molar-refractivity contribution is 14.0. The number of nitrogens with one attached hydrogen (secondary N) is 2. The summed E-state index contributed by atoms with van der Waals surface area (Å²) in [7, 11) is 1.71. The van der Waals surface area contributed by atoms with E-state index in [1.807, 2.05) is 0 Å². The molecule has 0 aromatic rings. The van der Waals surface area contributed by atoms with Crippen molar-refractivity contribution in [3.05, 3.63) is 0 Å². The van der Waals surface area contributed by atoms with E-state index in [0.29, 0.717) is 6.61 Å². The van der Waals surface area contributed by atoms with Gasteiger partial charge in [0.1, 0.15) is 0 Å². The maximum Gasteiger partial charge on any atom is 0.191 e. The van der Waals surface area contributed by atoms with Gasteiger partial charge in [-0.15, -0.1) is 24.0 Å². The van der Waals surface area contributed by atoms with Crippen LogP contribution in [0.3, 0.4) is 0 Å². The second-order valence-corrected chi connectivity index (χ2v) is 4.94. The topological polar surface area (TPSA) is 48.9 Å². The predicted molar refractivity (Wildman–Crippen MR) is 96.2 cm³/mol. The van der Waals surface area contributed by atoms with E-state index in [2.05, 4.69) is 27.4 Å². The summed E-state index contributed by atoms with van der Waals surface area (Å²) in [5, 5.41) is 6.52. The quantitative estimate of drug-likeness (QED) is 0.297. The maximum atomic E-state index is 5.03. The van der Waals surface area contributed by atoms with Crippen molar-refractivity contribution < 1.29 is 4.74 Å². The van der Waals surface area contributed by atoms with Crippen molar-refractivity contribution in [3.8, 4) is 0 Å². The normalized spacial score (nSPS) is 17.2. The molecule has 1 rings (SSSR count). The third-order valence-corrected chi connectivity index (χ3v) is 3.33. The van der Waals surface area contributed by atoms with Gasteiger partial charge < -0.3 is 20.3 Å². The summed E-state index contributed by atoms with van der Waals surface area (Å²) in [6, 6.07) is 0. The Balaban J connectivity index is 0.00000361. The molecule has 0 spiro atoms. The Bertz CT molecular complexity index is 243. The van der Waals surface area contributed by atoms with Crippen LogP contribution in [0.2, 0.25) is 0 Å². The van der Waals surface area contributed by atoms with Crippen LogP contribution in [0, 0.1) is 0 Å². The largest absolute Gasteiger partial charge is 0.383 e. The molecule has 0 aromatic heterocycles. The molecule has 20 heavy (non-hydrogen) atoms. The lowest BCUT2D eigenvalue weighted by molar-refractivity contribution is 0.203. The first kappa shape index (κ1) is 19.9. The molecular formula is C14H31IN4O. The van der Waals surface area contributed by atoms with Gasteiger partial charge in [-0.05, 0) is 32.9 Å². The lowest BCUT2D eigenvalue weighted by atomic mass is 10.2. The van der Waals surface area contributed by atoms with Gasteiger partial charge in [-0.3, -0.25) is 4.99 Å². The number of likely N-dealkylation sites (tertiary alicyclic amines) is 1. The zero-order valence-corrected chi connectivity index (χ0v) is 15.3. The molecule has 0 radical (unpaired) electrons. The molecular weight excluding hydrogens is 367 g/mol. The van der Waals surface area contributed by atoms with Crippen molar-refractivity contribution >= 4 is 29.9 Å². The first-order valence-electron chi connectivity index (χ1n) is 7.60. The fraction of sp³-hybridized carbons (Fsp3) is 0.929. The van der Waals surface area contributed by atoms with E-state index in [1.165, 1.54) is 38.8 Å². The highest BCUT2D eigenvalue weighted by Crippen LogP contribution is 2.08. The molecule has 0 atom stereocenters. The molecule has 0 saturated carbocycles. The van der Waals surface area contributed by atoms with Gasteiger partial charge in [0.05, 0.1) is 13.2 Å². The zero-order chi connectivity index (χ0) is 13.8. The van der Waals surface area contributed by atoms with E-state index in [4.69, 9.17) is 4.74 Å². The van der Waals surface area contributed by atoms with Crippen LogP contribution >= 0.6 is 24.0 Å². The standard InChI is InChI=1S/C14H30N4O.HI/c1-3-15-14(17-9-13-19-2)16-8-12-18-10-6-4-5-7-11-18;/h3-13H2,1-2H3,(H2,15,16,17);1H. The second-order valence-electron chi connectivity index (χ2n) is 4.94. The van der Waals surface area contributed by atoms with Gasteiger partial charge >= 0.3 is 0 Å². The van der Waals surface area contributed by atoms with Crippen LogP contribution < -0.4 is 10.6 Å². The molecule has 1 heterocycles. The molecule has 2 N–H and O–H groups in total. The van der Waals surface area contributed by atoms with Crippen LogP contribution in [0.15, 0.2) is 4.99 Å². The minimum Gasteiger partial charge on any atom is -0.383 e. The average molecular weight is 398 g/mol. The maximum absolute atomic E-state index is 5.03. The van der Waals surface area contributed by atoms with Crippen LogP contribution in [-0.2, 0) is 4.74 Å². The van der Waals surface area contributed by atoms with Crippen LogP contribution in [0.25, 0.3) is 0 Å². The van der Waals surface area contributed by atoms with Gasteiger partial charge in [0.2, 0.25) is 0 Å². The van der Waals surface area contributed by atoms with Crippen molar-refractivity contribution in [2.45, 2.75) is 32.6 Å². The van der Waals surface area contributed by atoms with Crippen LogP contribution in [0.4, 0.5) is 0 Å². The highest BCUT2D eigenvalue weighted by atomic mass is 127. The summed E-state index contributed by atoms with van der Waals surface area (Å²) < 4.78 is 5.03. The molecule has 120 valence electrons. The zero-order valence-electron chi connectivity index (χ0n) is 13.0. The first-order valence-corrected chi connectivity index (χ1v) is 7.60. The highest BCUT2D eigenvalue weighted by Gasteiger charge is 2.07. The molecule has 1 saturated heterocycles. The minimum absolute atomic E-state index is 0. The third kappa shape index (κ3) is 9.77. The smallest absolute Gasteiger partial charge is 0.191 e. The van der Waals surface area contributed by atoms with Gasteiger partial charge in [-0.2, -0.15) is 0 Å². The first-order chi connectivity index (χ1) is 9.36. The molecule has 5 nitrogen and oxygen atoms in total. The Kier molecular flexibility index (Phi) is 13.8. The minimum atomic E-state index is 0. The SMILES string of the molecule is CCNC(=NCCN1CCCCCC1)NCCOC.I. The number of guanidine groups is 1.